The molecule has 0 saturated carbocycles. The number of thioether (sulfide) groups is 1. The number of rotatable bonds is 5. The van der Waals surface area contributed by atoms with Gasteiger partial charge < -0.3 is 10.3 Å². The lowest BCUT2D eigenvalue weighted by Gasteiger charge is -2.05. The third-order valence-electron chi connectivity index (χ3n) is 2.28. The summed E-state index contributed by atoms with van der Waals surface area (Å²) in [6.45, 7) is 0. The third kappa shape index (κ3) is 4.08. The van der Waals surface area contributed by atoms with Crippen LogP contribution in [0, 0.1) is 0 Å². The van der Waals surface area contributed by atoms with Gasteiger partial charge in [-0.25, -0.2) is 18.5 Å². The molecule has 0 radical (unpaired) electrons. The Morgan fingerprint density at radius 2 is 2.05 bits per heavy atom. The molecule has 2 rings (SSSR count). The second kappa shape index (κ2) is 6.07. The number of amides is 1. The number of primary sulfonamides is 1. The number of H-pyrrole nitrogens is 1. The molecule has 0 unspecified atom stereocenters. The van der Waals surface area contributed by atoms with Crippen LogP contribution in [0.3, 0.4) is 0 Å². The third-order valence-corrected chi connectivity index (χ3v) is 4.11. The van der Waals surface area contributed by atoms with E-state index in [1.54, 1.807) is 12.4 Å². The second-order valence-electron chi connectivity index (χ2n) is 3.80. The van der Waals surface area contributed by atoms with E-state index in [-0.39, 0.29) is 16.6 Å². The molecule has 1 heterocycles. The van der Waals surface area contributed by atoms with Crippen LogP contribution in [0.25, 0.3) is 0 Å². The number of nitrogens with one attached hydrogen (secondary N) is 2. The summed E-state index contributed by atoms with van der Waals surface area (Å²) >= 11 is 1.27. The van der Waals surface area contributed by atoms with Gasteiger partial charge in [0.05, 0.1) is 10.6 Å². The molecular weight excluding hydrogens is 300 g/mol. The molecular formula is C11H12N4O3S2. The molecule has 0 fully saturated rings. The predicted molar refractivity (Wildman–Crippen MR) is 75.8 cm³/mol. The standard InChI is InChI=1S/C11H12N4O3S2/c12-20(17,18)9-3-1-8(2-4-9)15-10(16)7-19-11-13-5-6-14-11/h1-6H,7H2,(H,13,14)(H,15,16)(H2,12,17,18). The van der Waals surface area contributed by atoms with E-state index in [0.717, 1.165) is 0 Å². The fraction of sp³-hybridized carbons (Fsp3) is 0.0909. The number of imidazole rings is 1. The molecule has 0 aliphatic carbocycles. The quantitative estimate of drug-likeness (QED) is 0.705. The van der Waals surface area contributed by atoms with Crippen LogP contribution in [-0.2, 0) is 14.8 Å². The first-order valence-corrected chi connectivity index (χ1v) is 8.03. The fourth-order valence-corrected chi connectivity index (χ4v) is 2.53. The van der Waals surface area contributed by atoms with Crippen molar-refractivity contribution in [2.24, 2.45) is 5.14 Å². The Balaban J connectivity index is 1.91. The highest BCUT2D eigenvalue weighted by atomic mass is 32.2. The number of nitrogens with two attached hydrogens (primary N) is 1. The zero-order valence-corrected chi connectivity index (χ0v) is 11.9. The van der Waals surface area contributed by atoms with Gasteiger partial charge in [-0.3, -0.25) is 4.79 Å². The maximum Gasteiger partial charge on any atom is 0.238 e. The maximum absolute atomic E-state index is 11.7. The van der Waals surface area contributed by atoms with Crippen molar-refractivity contribution < 1.29 is 13.2 Å². The molecule has 1 amide bonds. The van der Waals surface area contributed by atoms with Crippen LogP contribution in [0.5, 0.6) is 0 Å². The van der Waals surface area contributed by atoms with Crippen LogP contribution in [0.1, 0.15) is 0 Å². The van der Waals surface area contributed by atoms with Gasteiger partial charge in [0.1, 0.15) is 0 Å². The van der Waals surface area contributed by atoms with Crippen molar-refractivity contribution in [2.75, 3.05) is 11.1 Å². The molecule has 9 heteroatoms. The van der Waals surface area contributed by atoms with E-state index in [2.05, 4.69) is 15.3 Å². The van der Waals surface area contributed by atoms with Gasteiger partial charge in [-0.1, -0.05) is 11.8 Å². The molecule has 0 aliphatic rings. The van der Waals surface area contributed by atoms with Crippen LogP contribution >= 0.6 is 11.8 Å². The molecule has 0 atom stereocenters. The summed E-state index contributed by atoms with van der Waals surface area (Å²) in [5.74, 6) is -0.0143. The van der Waals surface area contributed by atoms with Gasteiger partial charge in [0.25, 0.3) is 0 Å². The van der Waals surface area contributed by atoms with Gasteiger partial charge in [-0.05, 0) is 24.3 Å². The van der Waals surface area contributed by atoms with E-state index >= 15 is 0 Å². The van der Waals surface area contributed by atoms with Gasteiger partial charge in [0.15, 0.2) is 5.16 Å². The molecule has 0 bridgehead atoms. The highest BCUT2D eigenvalue weighted by Gasteiger charge is 2.08. The Labute approximate surface area is 120 Å². The summed E-state index contributed by atoms with van der Waals surface area (Å²) in [7, 11) is -3.72. The SMILES string of the molecule is NS(=O)(=O)c1ccc(NC(=O)CSc2ncc[nH]2)cc1. The number of benzene rings is 1. The van der Waals surface area contributed by atoms with Crippen LogP contribution in [0.15, 0.2) is 46.7 Å². The van der Waals surface area contributed by atoms with Gasteiger partial charge in [-0.15, -0.1) is 0 Å². The normalized spacial score (nSPS) is 11.2. The van der Waals surface area contributed by atoms with E-state index in [9.17, 15) is 13.2 Å². The number of hydrogen-bond donors (Lipinski definition) is 3. The summed E-state index contributed by atoms with van der Waals surface area (Å²) in [4.78, 5) is 18.5. The number of aromatic nitrogens is 2. The molecule has 1 aromatic heterocycles. The van der Waals surface area contributed by atoms with Crippen LogP contribution in [0.4, 0.5) is 5.69 Å². The topological polar surface area (TPSA) is 118 Å². The molecule has 0 spiro atoms. The minimum absolute atomic E-state index is 0.000425. The second-order valence-corrected chi connectivity index (χ2v) is 6.33. The number of aromatic amines is 1. The van der Waals surface area contributed by atoms with Crippen LogP contribution in [0.2, 0.25) is 0 Å². The van der Waals surface area contributed by atoms with Crippen LogP contribution in [-0.4, -0.2) is 30.0 Å². The van der Waals surface area contributed by atoms with E-state index in [4.69, 9.17) is 5.14 Å². The van der Waals surface area contributed by atoms with Crippen molar-refractivity contribution in [3.05, 3.63) is 36.7 Å². The Bertz CT molecular complexity index is 681. The lowest BCUT2D eigenvalue weighted by Crippen LogP contribution is -2.15. The largest absolute Gasteiger partial charge is 0.340 e. The molecule has 2 aromatic rings. The first kappa shape index (κ1) is 14.6. The Morgan fingerprint density at radius 1 is 1.35 bits per heavy atom. The van der Waals surface area contributed by atoms with Crippen LogP contribution < -0.4 is 10.5 Å². The summed E-state index contributed by atoms with van der Waals surface area (Å²) < 4.78 is 22.2. The maximum atomic E-state index is 11.7. The van der Waals surface area contributed by atoms with E-state index in [1.807, 2.05) is 0 Å². The highest BCUT2D eigenvalue weighted by Crippen LogP contribution is 2.15. The number of sulfonamides is 1. The zero-order valence-electron chi connectivity index (χ0n) is 10.2. The van der Waals surface area contributed by atoms with Crippen molar-refractivity contribution in [3.63, 3.8) is 0 Å². The number of carbonyl (C=O) groups excluding carboxylic acids is 1. The van der Waals surface area contributed by atoms with Crippen molar-refractivity contribution in [2.45, 2.75) is 10.1 Å². The lowest BCUT2D eigenvalue weighted by atomic mass is 10.3. The zero-order chi connectivity index (χ0) is 14.6. The van der Waals surface area contributed by atoms with E-state index in [0.29, 0.717) is 10.8 Å². The number of carbonyl (C=O) groups is 1. The van der Waals surface area contributed by atoms with E-state index < -0.39 is 10.0 Å². The lowest BCUT2D eigenvalue weighted by molar-refractivity contribution is -0.113. The smallest absolute Gasteiger partial charge is 0.238 e. The van der Waals surface area contributed by atoms with Crippen molar-refractivity contribution in [3.8, 4) is 0 Å². The molecule has 1 aromatic carbocycles. The molecule has 0 aliphatic heterocycles. The van der Waals surface area contributed by atoms with Gasteiger partial charge in [-0.2, -0.15) is 0 Å². The number of anilines is 1. The van der Waals surface area contributed by atoms with Crippen molar-refractivity contribution >= 4 is 33.4 Å². The molecule has 4 N–H and O–H groups in total. The molecule has 106 valence electrons. The minimum Gasteiger partial charge on any atom is -0.340 e. The Hall–Kier alpha value is -1.84. The molecule has 0 saturated heterocycles. The van der Waals surface area contributed by atoms with Gasteiger partial charge >= 0.3 is 0 Å². The number of hydrogen-bond acceptors (Lipinski definition) is 5. The van der Waals surface area contributed by atoms with Crippen molar-refractivity contribution in [1.29, 1.82) is 0 Å². The van der Waals surface area contributed by atoms with Crippen molar-refractivity contribution in [1.82, 2.24) is 9.97 Å². The minimum atomic E-state index is -3.72. The fourth-order valence-electron chi connectivity index (χ4n) is 1.39. The first-order chi connectivity index (χ1) is 9.45. The van der Waals surface area contributed by atoms with Gasteiger partial charge in [0.2, 0.25) is 15.9 Å². The molecule has 20 heavy (non-hydrogen) atoms. The Morgan fingerprint density at radius 3 is 2.60 bits per heavy atom. The summed E-state index contributed by atoms with van der Waals surface area (Å²) in [5, 5.41) is 8.28. The summed E-state index contributed by atoms with van der Waals surface area (Å²) in [5.41, 5.74) is 0.502. The predicted octanol–water partition coefficient (Wildman–Crippen LogP) is 0.788. The van der Waals surface area contributed by atoms with E-state index in [1.165, 1.54) is 36.0 Å². The monoisotopic (exact) mass is 312 g/mol. The summed E-state index contributed by atoms with van der Waals surface area (Å²) in [6.07, 6.45) is 3.28. The molecule has 7 nitrogen and oxygen atoms in total. The summed E-state index contributed by atoms with van der Waals surface area (Å²) in [6, 6.07) is 5.64. The highest BCUT2D eigenvalue weighted by molar-refractivity contribution is 7.99. The first-order valence-electron chi connectivity index (χ1n) is 5.50. The van der Waals surface area contributed by atoms with Gasteiger partial charge in [0, 0.05) is 18.1 Å². The average Bonchev–Trinajstić information content (AvgIpc) is 2.89. The Kier molecular flexibility index (Phi) is 4.42. The number of nitrogens with zero attached hydrogens (tertiary/aromatic N) is 1. The average molecular weight is 312 g/mol.